The molecule has 0 aromatic carbocycles. The van der Waals surface area contributed by atoms with Crippen LogP contribution < -0.4 is 0 Å². The normalized spacial score (nSPS) is 11.8. The summed E-state index contributed by atoms with van der Waals surface area (Å²) in [6.07, 6.45) is 0.906. The van der Waals surface area contributed by atoms with E-state index in [1.165, 1.54) is 0 Å². The first-order valence-corrected chi connectivity index (χ1v) is 6.67. The number of hydrogen-bond acceptors (Lipinski definition) is 2. The van der Waals surface area contributed by atoms with E-state index in [9.17, 15) is 0 Å². The summed E-state index contributed by atoms with van der Waals surface area (Å²) in [6, 6.07) is 0. The number of alkyl halides is 2. The van der Waals surface area contributed by atoms with Gasteiger partial charge in [-0.1, -0.05) is 0 Å². The van der Waals surface area contributed by atoms with Gasteiger partial charge in [-0.05, 0) is 27.2 Å². The van der Waals surface area contributed by atoms with E-state index in [-0.39, 0.29) is 5.38 Å². The molecular weight excluding hydrogens is 227 g/mol. The molecule has 1 unspecified atom stereocenters. The highest BCUT2D eigenvalue weighted by molar-refractivity contribution is 6.22. The van der Waals surface area contributed by atoms with E-state index in [0.717, 1.165) is 19.6 Å². The van der Waals surface area contributed by atoms with Crippen molar-refractivity contribution in [3.05, 3.63) is 0 Å². The summed E-state index contributed by atoms with van der Waals surface area (Å²) in [4.78, 5) is 0. The Kier molecular flexibility index (Phi) is 18.9. The minimum absolute atomic E-state index is 0.238. The Hall–Kier alpha value is 0.717. The fraction of sp³-hybridized carbons (Fsp3) is 1.00. The summed E-state index contributed by atoms with van der Waals surface area (Å²) >= 11 is 10.8. The molecule has 0 aromatic heterocycles. The van der Waals surface area contributed by atoms with Crippen molar-refractivity contribution in [2.24, 2.45) is 0 Å². The van der Waals surface area contributed by atoms with Gasteiger partial charge in [0.25, 0.3) is 0 Å². The third kappa shape index (κ3) is 24.5. The third-order valence-electron chi connectivity index (χ3n) is 1.08. The van der Waals surface area contributed by atoms with Gasteiger partial charge in [0.2, 0.25) is 0 Å². The van der Waals surface area contributed by atoms with Crippen LogP contribution in [0.1, 0.15) is 27.2 Å². The molecule has 0 aromatic rings. The molecule has 0 amide bonds. The van der Waals surface area contributed by atoms with E-state index in [1.54, 1.807) is 0 Å². The van der Waals surface area contributed by atoms with Crippen molar-refractivity contribution in [3.63, 3.8) is 0 Å². The zero-order valence-electron chi connectivity index (χ0n) is 8.69. The van der Waals surface area contributed by atoms with Crippen LogP contribution in [-0.4, -0.2) is 34.5 Å². The Labute approximate surface area is 94.0 Å². The van der Waals surface area contributed by atoms with Crippen LogP contribution in [0.15, 0.2) is 0 Å². The fourth-order valence-corrected chi connectivity index (χ4v) is 1.38. The van der Waals surface area contributed by atoms with Gasteiger partial charge >= 0.3 is 10.0 Å². The molecule has 0 aliphatic carbocycles. The van der Waals surface area contributed by atoms with Gasteiger partial charge in [0, 0.05) is 24.5 Å². The standard InChI is InChI=1S/C4H8Cl2.C4H12O2Si/c1-4(6)2-3-5;1-3-5-7-6-4-2/h4H,2-3H2,1H3;3-4,7H2,1-2H3. The van der Waals surface area contributed by atoms with Crippen LogP contribution in [0.3, 0.4) is 0 Å². The molecule has 0 rings (SSSR count). The average Bonchev–Trinajstić information content (AvgIpc) is 2.06. The second-order valence-corrected chi connectivity index (χ2v) is 4.54. The Bertz CT molecular complexity index is 80.5. The molecule has 0 aliphatic rings. The van der Waals surface area contributed by atoms with Gasteiger partial charge in [0.15, 0.2) is 0 Å². The quantitative estimate of drug-likeness (QED) is 0.407. The molecule has 5 heteroatoms. The number of halogens is 2. The zero-order valence-corrected chi connectivity index (χ0v) is 11.6. The molecule has 0 heterocycles. The van der Waals surface area contributed by atoms with Crippen molar-refractivity contribution in [2.45, 2.75) is 32.6 Å². The highest BCUT2D eigenvalue weighted by Crippen LogP contribution is 1.99. The maximum Gasteiger partial charge on any atom is 0.304 e. The summed E-state index contributed by atoms with van der Waals surface area (Å²) in [6.45, 7) is 7.49. The molecule has 82 valence electrons. The monoisotopic (exact) mass is 246 g/mol. The van der Waals surface area contributed by atoms with Gasteiger partial charge in [-0.25, -0.2) is 0 Å². The molecule has 0 saturated carbocycles. The third-order valence-corrected chi connectivity index (χ3v) is 2.67. The lowest BCUT2D eigenvalue weighted by atomic mass is 10.4. The summed E-state index contributed by atoms with van der Waals surface area (Å²) in [5, 5.41) is 0.238. The van der Waals surface area contributed by atoms with Crippen LogP contribution in [0.5, 0.6) is 0 Å². The lowest BCUT2D eigenvalue weighted by molar-refractivity contribution is 0.240. The minimum atomic E-state index is -0.589. The first-order chi connectivity index (χ1) is 6.18. The van der Waals surface area contributed by atoms with Crippen molar-refractivity contribution in [1.29, 1.82) is 0 Å². The SMILES string of the molecule is CC(Cl)CCCl.CCO[SiH2]OCC. The van der Waals surface area contributed by atoms with Crippen LogP contribution in [-0.2, 0) is 8.85 Å². The Morgan fingerprint density at radius 1 is 1.23 bits per heavy atom. The van der Waals surface area contributed by atoms with Gasteiger partial charge < -0.3 is 8.85 Å². The number of rotatable bonds is 6. The average molecular weight is 247 g/mol. The van der Waals surface area contributed by atoms with Gasteiger partial charge in [0.05, 0.1) is 0 Å². The second-order valence-electron chi connectivity index (χ2n) is 2.36. The van der Waals surface area contributed by atoms with Crippen molar-refractivity contribution in [2.75, 3.05) is 19.1 Å². The highest BCUT2D eigenvalue weighted by Gasteiger charge is 1.89. The summed E-state index contributed by atoms with van der Waals surface area (Å²) in [5.74, 6) is 0.671. The van der Waals surface area contributed by atoms with Crippen LogP contribution in [0, 0.1) is 0 Å². The maximum atomic E-state index is 5.49. The Morgan fingerprint density at radius 2 is 1.69 bits per heavy atom. The van der Waals surface area contributed by atoms with Crippen molar-refractivity contribution >= 4 is 33.2 Å². The Morgan fingerprint density at radius 3 is 1.85 bits per heavy atom. The van der Waals surface area contributed by atoms with E-state index < -0.39 is 10.0 Å². The van der Waals surface area contributed by atoms with Crippen LogP contribution in [0.4, 0.5) is 0 Å². The molecular formula is C8H20Cl2O2Si. The smallest absolute Gasteiger partial charge is 0.304 e. The van der Waals surface area contributed by atoms with Gasteiger partial charge in [-0.3, -0.25) is 0 Å². The van der Waals surface area contributed by atoms with E-state index in [2.05, 4.69) is 0 Å². The molecule has 1 atom stereocenters. The molecule has 13 heavy (non-hydrogen) atoms. The van der Waals surface area contributed by atoms with Crippen LogP contribution in [0.25, 0.3) is 0 Å². The summed E-state index contributed by atoms with van der Waals surface area (Å²) in [5.41, 5.74) is 0. The van der Waals surface area contributed by atoms with Crippen LogP contribution in [0.2, 0.25) is 0 Å². The first kappa shape index (κ1) is 16.2. The first-order valence-electron chi connectivity index (χ1n) is 4.54. The molecule has 0 radical (unpaired) electrons. The maximum absolute atomic E-state index is 5.49. The molecule has 2 nitrogen and oxygen atoms in total. The largest absolute Gasteiger partial charge is 0.399 e. The van der Waals surface area contributed by atoms with Gasteiger partial charge in [-0.15, -0.1) is 23.2 Å². The molecule has 0 N–H and O–H groups in total. The molecule has 0 bridgehead atoms. The summed E-state index contributed by atoms with van der Waals surface area (Å²) in [7, 11) is -0.589. The molecule has 0 aliphatic heterocycles. The number of hydrogen-bond donors (Lipinski definition) is 0. The van der Waals surface area contributed by atoms with Crippen molar-refractivity contribution in [1.82, 2.24) is 0 Å². The van der Waals surface area contributed by atoms with Gasteiger partial charge in [-0.2, -0.15) is 0 Å². The molecule has 0 spiro atoms. The van der Waals surface area contributed by atoms with Crippen molar-refractivity contribution < 1.29 is 8.85 Å². The zero-order chi connectivity index (χ0) is 10.5. The highest BCUT2D eigenvalue weighted by atomic mass is 35.5. The van der Waals surface area contributed by atoms with E-state index in [0.29, 0.717) is 5.88 Å². The topological polar surface area (TPSA) is 18.5 Å². The second kappa shape index (κ2) is 15.2. The Balaban J connectivity index is 0. The van der Waals surface area contributed by atoms with E-state index in [1.807, 2.05) is 20.8 Å². The molecule has 0 saturated heterocycles. The fourth-order valence-electron chi connectivity index (χ4n) is 0.376. The van der Waals surface area contributed by atoms with E-state index in [4.69, 9.17) is 32.1 Å². The summed E-state index contributed by atoms with van der Waals surface area (Å²) < 4.78 is 9.98. The van der Waals surface area contributed by atoms with E-state index >= 15 is 0 Å². The lowest BCUT2D eigenvalue weighted by Gasteiger charge is -1.96. The van der Waals surface area contributed by atoms with Crippen LogP contribution >= 0.6 is 23.2 Å². The predicted octanol–water partition coefficient (Wildman–Crippen LogP) is 2.30. The predicted molar refractivity (Wildman–Crippen MR) is 62.4 cm³/mol. The lowest BCUT2D eigenvalue weighted by Crippen LogP contribution is -2.02. The van der Waals surface area contributed by atoms with Gasteiger partial charge in [0.1, 0.15) is 0 Å². The molecule has 0 fully saturated rings. The minimum Gasteiger partial charge on any atom is -0.399 e. The van der Waals surface area contributed by atoms with Crippen molar-refractivity contribution in [3.8, 4) is 0 Å².